The predicted molar refractivity (Wildman–Crippen MR) is 82.5 cm³/mol. The van der Waals surface area contributed by atoms with E-state index in [1.807, 2.05) is 24.3 Å². The number of aromatic nitrogens is 1. The highest BCUT2D eigenvalue weighted by Gasteiger charge is 2.23. The van der Waals surface area contributed by atoms with E-state index >= 15 is 0 Å². The van der Waals surface area contributed by atoms with Gasteiger partial charge in [-0.1, -0.05) is 24.3 Å². The van der Waals surface area contributed by atoms with Crippen LogP contribution in [0.3, 0.4) is 0 Å². The Hall–Kier alpha value is -2.05. The van der Waals surface area contributed by atoms with E-state index in [0.717, 1.165) is 23.2 Å². The van der Waals surface area contributed by atoms with Crippen molar-refractivity contribution in [1.29, 1.82) is 0 Å². The van der Waals surface area contributed by atoms with Crippen molar-refractivity contribution >= 4 is 0 Å². The van der Waals surface area contributed by atoms with Gasteiger partial charge in [0.1, 0.15) is 0 Å². The molecule has 1 aromatic heterocycles. The van der Waals surface area contributed by atoms with E-state index in [1.54, 1.807) is 6.07 Å². The van der Waals surface area contributed by atoms with E-state index in [0.29, 0.717) is 6.61 Å². The molecule has 122 valence electrons. The van der Waals surface area contributed by atoms with E-state index in [9.17, 15) is 8.78 Å². The molecule has 6 heteroatoms. The smallest absolute Gasteiger partial charge is 0.388 e. The fraction of sp³-hybridized carbons (Fsp3) is 0.353. The number of pyridine rings is 1. The van der Waals surface area contributed by atoms with Gasteiger partial charge in [-0.3, -0.25) is 0 Å². The maximum absolute atomic E-state index is 12.1. The van der Waals surface area contributed by atoms with Crippen molar-refractivity contribution < 1.29 is 18.3 Å². The maximum atomic E-state index is 12.1. The number of hydrogen-bond acceptors (Lipinski definition) is 4. The van der Waals surface area contributed by atoms with Crippen molar-refractivity contribution in [3.63, 3.8) is 0 Å². The molecule has 1 N–H and O–H groups in total. The van der Waals surface area contributed by atoms with Gasteiger partial charge in [0.2, 0.25) is 5.88 Å². The number of hydrogen-bond donors (Lipinski definition) is 1. The van der Waals surface area contributed by atoms with E-state index in [4.69, 9.17) is 4.74 Å². The van der Waals surface area contributed by atoms with Gasteiger partial charge >= 0.3 is 6.61 Å². The first-order chi connectivity index (χ1) is 11.1. The second-order valence-electron chi connectivity index (χ2n) is 5.42. The molecule has 0 saturated carbocycles. The van der Waals surface area contributed by atoms with Crippen molar-refractivity contribution in [2.45, 2.75) is 25.7 Å². The van der Waals surface area contributed by atoms with E-state index < -0.39 is 6.61 Å². The second kappa shape index (κ2) is 7.02. The lowest BCUT2D eigenvalue weighted by Crippen LogP contribution is -2.41. The van der Waals surface area contributed by atoms with Crippen LogP contribution in [0, 0.1) is 0 Å². The Balaban J connectivity index is 1.74. The number of alkyl halides is 2. The van der Waals surface area contributed by atoms with Crippen LogP contribution in [-0.2, 0) is 4.74 Å². The Kier molecular flexibility index (Phi) is 4.83. The lowest BCUT2D eigenvalue weighted by molar-refractivity contribution is -0.0528. The molecular formula is C17H18F2N2O2. The molecule has 0 unspecified atom stereocenters. The van der Waals surface area contributed by atoms with Gasteiger partial charge in [-0.2, -0.15) is 8.78 Å². The third kappa shape index (κ3) is 3.83. The summed E-state index contributed by atoms with van der Waals surface area (Å²) in [4.78, 5) is 3.88. The van der Waals surface area contributed by atoms with Crippen molar-refractivity contribution in [3.05, 3.63) is 48.2 Å². The molecule has 2 atom stereocenters. The van der Waals surface area contributed by atoms with Gasteiger partial charge in [-0.05, 0) is 24.1 Å². The predicted octanol–water partition coefficient (Wildman–Crippen LogP) is 3.40. The van der Waals surface area contributed by atoms with Gasteiger partial charge in [-0.15, -0.1) is 0 Å². The number of morpholine rings is 1. The molecule has 1 aliphatic heterocycles. The average molecular weight is 320 g/mol. The molecule has 1 saturated heterocycles. The van der Waals surface area contributed by atoms with Crippen LogP contribution in [0.1, 0.15) is 18.6 Å². The Labute approximate surface area is 133 Å². The zero-order chi connectivity index (χ0) is 16.2. The normalized spacial score (nSPS) is 21.4. The summed E-state index contributed by atoms with van der Waals surface area (Å²) in [6.07, 6.45) is 1.56. The minimum absolute atomic E-state index is 0.0396. The fourth-order valence-electron chi connectivity index (χ4n) is 2.69. The highest BCUT2D eigenvalue weighted by atomic mass is 19.3. The molecule has 4 nitrogen and oxygen atoms in total. The summed E-state index contributed by atoms with van der Waals surface area (Å²) in [5.41, 5.74) is 2.91. The Morgan fingerprint density at radius 2 is 1.91 bits per heavy atom. The molecular weight excluding hydrogens is 302 g/mol. The maximum Gasteiger partial charge on any atom is 0.388 e. The summed E-state index contributed by atoms with van der Waals surface area (Å²) in [5, 5.41) is 3.39. The number of nitrogens with one attached hydrogen (secondary N) is 1. The lowest BCUT2D eigenvalue weighted by Gasteiger charge is -2.30. The minimum atomic E-state index is -2.86. The Bertz CT molecular complexity index is 632. The van der Waals surface area contributed by atoms with Crippen LogP contribution < -0.4 is 10.1 Å². The number of rotatable bonds is 4. The zero-order valence-electron chi connectivity index (χ0n) is 12.7. The van der Waals surface area contributed by atoms with E-state index in [2.05, 4.69) is 22.0 Å². The minimum Gasteiger partial charge on any atom is -0.417 e. The van der Waals surface area contributed by atoms with Gasteiger partial charge in [0.05, 0.1) is 12.7 Å². The van der Waals surface area contributed by atoms with Crippen molar-refractivity contribution in [2.75, 3.05) is 13.2 Å². The summed E-state index contributed by atoms with van der Waals surface area (Å²) in [6, 6.07) is 11.4. The van der Waals surface area contributed by atoms with Crippen LogP contribution in [-0.4, -0.2) is 30.8 Å². The molecule has 1 aliphatic rings. The van der Waals surface area contributed by atoms with Crippen LogP contribution in [0.25, 0.3) is 11.1 Å². The Morgan fingerprint density at radius 1 is 1.17 bits per heavy atom. The number of benzene rings is 1. The molecule has 0 aliphatic carbocycles. The monoisotopic (exact) mass is 320 g/mol. The van der Waals surface area contributed by atoms with Gasteiger partial charge in [-0.25, -0.2) is 4.98 Å². The third-order valence-electron chi connectivity index (χ3n) is 3.84. The summed E-state index contributed by atoms with van der Waals surface area (Å²) in [6.45, 7) is 0.808. The van der Waals surface area contributed by atoms with Crippen LogP contribution in [0.4, 0.5) is 8.78 Å². The zero-order valence-corrected chi connectivity index (χ0v) is 12.7. The fourth-order valence-corrected chi connectivity index (χ4v) is 2.69. The second-order valence-corrected chi connectivity index (χ2v) is 5.42. The molecule has 1 aromatic carbocycles. The average Bonchev–Trinajstić information content (AvgIpc) is 2.56. The lowest BCUT2D eigenvalue weighted by atomic mass is 9.99. The third-order valence-corrected chi connectivity index (χ3v) is 3.84. The first-order valence-electron chi connectivity index (χ1n) is 7.49. The van der Waals surface area contributed by atoms with Crippen LogP contribution in [0.5, 0.6) is 5.88 Å². The van der Waals surface area contributed by atoms with Crippen LogP contribution >= 0.6 is 0 Å². The number of ether oxygens (including phenoxy) is 2. The number of nitrogens with zero attached hydrogens (tertiary/aromatic N) is 1. The first-order valence-corrected chi connectivity index (χ1v) is 7.49. The standard InChI is InChI=1S/C17H18F2N2O2/c1-11-16(22-9-8-20-11)13-4-2-12(3-5-13)14-6-7-15(21-10-14)23-17(18)19/h2-7,10-11,16-17,20H,8-9H2,1H3/t11-,16+/m0/s1. The van der Waals surface area contributed by atoms with Crippen molar-refractivity contribution in [1.82, 2.24) is 10.3 Å². The molecule has 3 rings (SSSR count). The summed E-state index contributed by atoms with van der Waals surface area (Å²) >= 11 is 0. The van der Waals surface area contributed by atoms with Crippen LogP contribution in [0.2, 0.25) is 0 Å². The molecule has 23 heavy (non-hydrogen) atoms. The summed E-state index contributed by atoms with van der Waals surface area (Å²) < 4.78 is 34.3. The van der Waals surface area contributed by atoms with Crippen molar-refractivity contribution in [2.24, 2.45) is 0 Å². The Morgan fingerprint density at radius 3 is 2.52 bits per heavy atom. The topological polar surface area (TPSA) is 43.4 Å². The van der Waals surface area contributed by atoms with Gasteiger partial charge in [0.25, 0.3) is 0 Å². The molecule has 2 heterocycles. The van der Waals surface area contributed by atoms with Gasteiger partial charge in [0, 0.05) is 30.4 Å². The first kappa shape index (κ1) is 15.8. The highest BCUT2D eigenvalue weighted by molar-refractivity contribution is 5.63. The van der Waals surface area contributed by atoms with Crippen LogP contribution in [0.15, 0.2) is 42.6 Å². The van der Waals surface area contributed by atoms with E-state index in [-0.39, 0.29) is 18.0 Å². The van der Waals surface area contributed by atoms with Crippen molar-refractivity contribution in [3.8, 4) is 17.0 Å². The molecule has 0 amide bonds. The molecule has 0 spiro atoms. The molecule has 0 radical (unpaired) electrons. The summed E-state index contributed by atoms with van der Waals surface area (Å²) in [5.74, 6) is -0.0872. The molecule has 0 bridgehead atoms. The van der Waals surface area contributed by atoms with E-state index in [1.165, 1.54) is 12.3 Å². The SMILES string of the molecule is C[C@@H]1NCCO[C@H]1c1ccc(-c2ccc(OC(F)F)nc2)cc1. The molecule has 1 fully saturated rings. The van der Waals surface area contributed by atoms with Gasteiger partial charge in [0.15, 0.2) is 0 Å². The quantitative estimate of drug-likeness (QED) is 0.938. The van der Waals surface area contributed by atoms with Gasteiger partial charge < -0.3 is 14.8 Å². The highest BCUT2D eigenvalue weighted by Crippen LogP contribution is 2.27. The largest absolute Gasteiger partial charge is 0.417 e. The number of halogens is 2. The molecule has 2 aromatic rings. The summed E-state index contributed by atoms with van der Waals surface area (Å²) in [7, 11) is 0.